The number of fused-ring (bicyclic) bond motifs is 5. The van der Waals surface area contributed by atoms with E-state index in [1.54, 1.807) is 0 Å². The molecule has 0 aliphatic heterocycles. The lowest BCUT2D eigenvalue weighted by molar-refractivity contribution is 0.365. The van der Waals surface area contributed by atoms with Crippen LogP contribution in [0.4, 0.5) is 5.82 Å². The van der Waals surface area contributed by atoms with E-state index in [2.05, 4.69) is 36.3 Å². The van der Waals surface area contributed by atoms with Crippen LogP contribution in [0.25, 0.3) is 11.1 Å². The second-order valence-electron chi connectivity index (χ2n) is 7.19. The molecule has 2 bridgehead atoms. The van der Waals surface area contributed by atoms with Crippen LogP contribution in [0.1, 0.15) is 36.5 Å². The van der Waals surface area contributed by atoms with Crippen LogP contribution < -0.4 is 5.73 Å². The Balaban J connectivity index is 1.56. The van der Waals surface area contributed by atoms with Gasteiger partial charge in [0.05, 0.1) is 5.56 Å². The maximum Gasteiger partial charge on any atom is 0.175 e. The molecule has 4 unspecified atom stereocenters. The second-order valence-corrected chi connectivity index (χ2v) is 7.19. The topological polar surface area (TPSA) is 52.0 Å². The maximum absolute atomic E-state index is 6.11. The molecular weight excluding hydrogens is 260 g/mol. The summed E-state index contributed by atoms with van der Waals surface area (Å²) in [5.74, 6) is 5.75. The minimum atomic E-state index is 0.547. The molecule has 0 saturated heterocycles. The van der Waals surface area contributed by atoms with Crippen LogP contribution in [-0.4, -0.2) is 5.16 Å². The molecule has 3 heteroatoms. The maximum atomic E-state index is 6.11. The van der Waals surface area contributed by atoms with Crippen molar-refractivity contribution in [2.75, 3.05) is 5.73 Å². The lowest BCUT2D eigenvalue weighted by Crippen LogP contribution is -1.98. The van der Waals surface area contributed by atoms with Gasteiger partial charge in [-0.05, 0) is 55.4 Å². The molecule has 21 heavy (non-hydrogen) atoms. The summed E-state index contributed by atoms with van der Waals surface area (Å²) in [6, 6.07) is 8.52. The second kappa shape index (κ2) is 3.90. The van der Waals surface area contributed by atoms with Gasteiger partial charge in [0.2, 0.25) is 0 Å². The standard InChI is InChI=1S/C18H20N2O/c1-9-2-4-10(5-3-9)15-17(21-20-18(15)19)16-13-11-6-7-12(8-11)14(13)16/h2-5,11-14,16H,6-8H2,1H3,(H2,19,20). The molecule has 3 aliphatic carbocycles. The third-order valence-electron chi connectivity index (χ3n) is 6.12. The SMILES string of the molecule is Cc1ccc(-c2c(N)noc2C2C3C4CCC(C4)C23)cc1. The van der Waals surface area contributed by atoms with Gasteiger partial charge in [0, 0.05) is 5.92 Å². The first kappa shape index (κ1) is 11.8. The summed E-state index contributed by atoms with van der Waals surface area (Å²) in [4.78, 5) is 0. The summed E-state index contributed by atoms with van der Waals surface area (Å²) in [6.45, 7) is 2.10. The number of nitrogens with two attached hydrogens (primary N) is 1. The highest BCUT2D eigenvalue weighted by Crippen LogP contribution is 2.73. The van der Waals surface area contributed by atoms with Gasteiger partial charge in [-0.3, -0.25) is 0 Å². The first-order valence-corrected chi connectivity index (χ1v) is 8.06. The van der Waals surface area contributed by atoms with Crippen LogP contribution in [0.15, 0.2) is 28.8 Å². The number of rotatable bonds is 2. The van der Waals surface area contributed by atoms with Gasteiger partial charge in [-0.15, -0.1) is 0 Å². The Morgan fingerprint density at radius 1 is 1.10 bits per heavy atom. The van der Waals surface area contributed by atoms with Crippen LogP contribution in [0.5, 0.6) is 0 Å². The van der Waals surface area contributed by atoms with Gasteiger partial charge < -0.3 is 10.3 Å². The van der Waals surface area contributed by atoms with E-state index in [1.165, 1.54) is 24.8 Å². The monoisotopic (exact) mass is 280 g/mol. The first-order chi connectivity index (χ1) is 10.2. The Bertz CT molecular complexity index is 687. The Kier molecular flexibility index (Phi) is 2.20. The summed E-state index contributed by atoms with van der Waals surface area (Å²) >= 11 is 0. The van der Waals surface area contributed by atoms with Crippen molar-refractivity contribution in [2.45, 2.75) is 32.1 Å². The zero-order chi connectivity index (χ0) is 14.1. The van der Waals surface area contributed by atoms with Crippen LogP contribution >= 0.6 is 0 Å². The Morgan fingerprint density at radius 3 is 2.43 bits per heavy atom. The van der Waals surface area contributed by atoms with Gasteiger partial charge in [0.1, 0.15) is 5.76 Å². The minimum Gasteiger partial charge on any atom is -0.380 e. The van der Waals surface area contributed by atoms with Crippen LogP contribution in [0.3, 0.4) is 0 Å². The van der Waals surface area contributed by atoms with E-state index in [-0.39, 0.29) is 0 Å². The van der Waals surface area contributed by atoms with Crippen molar-refractivity contribution >= 4 is 5.82 Å². The largest absolute Gasteiger partial charge is 0.380 e. The smallest absolute Gasteiger partial charge is 0.175 e. The predicted octanol–water partition coefficient (Wildman–Crippen LogP) is 3.99. The highest BCUT2D eigenvalue weighted by molar-refractivity contribution is 5.76. The summed E-state index contributed by atoms with van der Waals surface area (Å²) in [5, 5.41) is 4.08. The van der Waals surface area contributed by atoms with Crippen molar-refractivity contribution in [2.24, 2.45) is 23.7 Å². The van der Waals surface area contributed by atoms with Crippen molar-refractivity contribution in [3.63, 3.8) is 0 Å². The molecule has 1 heterocycles. The molecule has 2 aromatic rings. The highest BCUT2D eigenvalue weighted by Gasteiger charge is 2.67. The van der Waals surface area contributed by atoms with E-state index >= 15 is 0 Å². The molecule has 5 rings (SSSR count). The van der Waals surface area contributed by atoms with E-state index in [0.717, 1.165) is 40.6 Å². The molecule has 0 spiro atoms. The van der Waals surface area contributed by atoms with E-state index in [0.29, 0.717) is 11.7 Å². The molecule has 3 nitrogen and oxygen atoms in total. The van der Waals surface area contributed by atoms with E-state index in [9.17, 15) is 0 Å². The van der Waals surface area contributed by atoms with E-state index in [4.69, 9.17) is 10.3 Å². The molecular formula is C18H20N2O. The Labute approximate surface area is 124 Å². The lowest BCUT2D eigenvalue weighted by Gasteiger charge is -2.08. The van der Waals surface area contributed by atoms with Crippen molar-refractivity contribution in [1.82, 2.24) is 5.16 Å². The van der Waals surface area contributed by atoms with Gasteiger partial charge in [0.25, 0.3) is 0 Å². The zero-order valence-electron chi connectivity index (χ0n) is 12.3. The van der Waals surface area contributed by atoms with Crippen molar-refractivity contribution in [1.29, 1.82) is 0 Å². The van der Waals surface area contributed by atoms with Gasteiger partial charge in [-0.1, -0.05) is 35.0 Å². The fourth-order valence-electron chi connectivity index (χ4n) is 5.23. The zero-order valence-corrected chi connectivity index (χ0v) is 12.3. The summed E-state index contributed by atoms with van der Waals surface area (Å²) in [5.41, 5.74) is 9.56. The van der Waals surface area contributed by atoms with Crippen LogP contribution in [-0.2, 0) is 0 Å². The summed E-state index contributed by atoms with van der Waals surface area (Å²) in [6.07, 6.45) is 4.30. The number of anilines is 1. The van der Waals surface area contributed by atoms with E-state index in [1.807, 2.05) is 0 Å². The van der Waals surface area contributed by atoms with Gasteiger partial charge >= 0.3 is 0 Å². The molecule has 1 aromatic carbocycles. The number of hydrogen-bond acceptors (Lipinski definition) is 3. The molecule has 1 aromatic heterocycles. The van der Waals surface area contributed by atoms with Crippen LogP contribution in [0.2, 0.25) is 0 Å². The number of aryl methyl sites for hydroxylation is 1. The number of hydrogen-bond donors (Lipinski definition) is 1. The summed E-state index contributed by atoms with van der Waals surface area (Å²) in [7, 11) is 0. The van der Waals surface area contributed by atoms with Gasteiger partial charge in [-0.25, -0.2) is 0 Å². The van der Waals surface area contributed by atoms with Crippen molar-refractivity contribution in [3.05, 3.63) is 35.6 Å². The molecule has 108 valence electrons. The van der Waals surface area contributed by atoms with E-state index < -0.39 is 0 Å². The highest BCUT2D eigenvalue weighted by atomic mass is 16.5. The molecule has 0 amide bonds. The fourth-order valence-corrected chi connectivity index (χ4v) is 5.23. The lowest BCUT2D eigenvalue weighted by atomic mass is 9.96. The first-order valence-electron chi connectivity index (χ1n) is 8.06. The third kappa shape index (κ3) is 1.52. The van der Waals surface area contributed by atoms with Gasteiger partial charge in [0.15, 0.2) is 5.82 Å². The average molecular weight is 280 g/mol. The third-order valence-corrected chi connectivity index (χ3v) is 6.12. The number of nitrogen functional groups attached to an aromatic ring is 1. The average Bonchev–Trinajstić information content (AvgIpc) is 2.81. The predicted molar refractivity (Wildman–Crippen MR) is 81.6 cm³/mol. The van der Waals surface area contributed by atoms with Crippen molar-refractivity contribution < 1.29 is 4.52 Å². The van der Waals surface area contributed by atoms with Gasteiger partial charge in [-0.2, -0.15) is 0 Å². The summed E-state index contributed by atoms with van der Waals surface area (Å²) < 4.78 is 5.69. The fraction of sp³-hybridized carbons (Fsp3) is 0.500. The molecule has 3 aliphatic rings. The Morgan fingerprint density at radius 2 is 1.76 bits per heavy atom. The Hall–Kier alpha value is -1.77. The normalized spacial score (nSPS) is 36.0. The molecule has 2 N–H and O–H groups in total. The molecule has 4 atom stereocenters. The van der Waals surface area contributed by atoms with Crippen molar-refractivity contribution in [3.8, 4) is 11.1 Å². The molecule has 3 fully saturated rings. The number of nitrogens with zero attached hydrogens (tertiary/aromatic N) is 1. The minimum absolute atomic E-state index is 0.547. The number of benzene rings is 1. The number of aromatic nitrogens is 1. The quantitative estimate of drug-likeness (QED) is 0.904. The van der Waals surface area contributed by atoms with Crippen LogP contribution in [0, 0.1) is 30.6 Å². The molecule has 0 radical (unpaired) electrons. The molecule has 3 saturated carbocycles.